The summed E-state index contributed by atoms with van der Waals surface area (Å²) < 4.78 is 0. The van der Waals surface area contributed by atoms with Gasteiger partial charge < -0.3 is 14.9 Å². The zero-order valence-electron chi connectivity index (χ0n) is 9.94. The second-order valence-corrected chi connectivity index (χ2v) is 4.65. The van der Waals surface area contributed by atoms with Gasteiger partial charge in [-0.25, -0.2) is 0 Å². The number of carboxylic acid groups (broad SMARTS) is 1. The monoisotopic (exact) mass is 214 g/mol. The third-order valence-electron chi connectivity index (χ3n) is 3.12. The molecular weight excluding hydrogens is 192 g/mol. The largest absolute Gasteiger partial charge is 0.481 e. The molecule has 1 aliphatic rings. The average Bonchev–Trinajstić information content (AvgIpc) is 2.25. The van der Waals surface area contributed by atoms with Crippen LogP contribution >= 0.6 is 0 Å². The molecule has 0 aromatic rings. The Hall–Kier alpha value is -0.610. The maximum absolute atomic E-state index is 10.8. The predicted octanol–water partition coefficient (Wildman–Crippen LogP) is 0.733. The molecule has 15 heavy (non-hydrogen) atoms. The first-order valence-electron chi connectivity index (χ1n) is 5.67. The lowest BCUT2D eigenvalue weighted by Gasteiger charge is -2.27. The topological polar surface area (TPSA) is 43.8 Å². The van der Waals surface area contributed by atoms with Crippen molar-refractivity contribution >= 4 is 5.97 Å². The molecule has 1 saturated heterocycles. The molecular formula is C11H22N2O2. The van der Waals surface area contributed by atoms with Crippen molar-refractivity contribution in [1.29, 1.82) is 0 Å². The number of carboxylic acids is 1. The fourth-order valence-electron chi connectivity index (χ4n) is 2.33. The molecule has 2 atom stereocenters. The van der Waals surface area contributed by atoms with Gasteiger partial charge in [-0.05, 0) is 19.5 Å². The van der Waals surface area contributed by atoms with Crippen molar-refractivity contribution in [3.05, 3.63) is 0 Å². The minimum absolute atomic E-state index is 0.160. The molecule has 4 nitrogen and oxygen atoms in total. The Labute approximate surface area is 91.9 Å². The van der Waals surface area contributed by atoms with E-state index in [4.69, 9.17) is 5.11 Å². The fraction of sp³-hybridized carbons (Fsp3) is 0.909. The van der Waals surface area contributed by atoms with Crippen LogP contribution in [0.15, 0.2) is 0 Å². The highest BCUT2D eigenvalue weighted by Crippen LogP contribution is 2.14. The number of nitrogens with zero attached hydrogens (tertiary/aromatic N) is 2. The van der Waals surface area contributed by atoms with Crippen LogP contribution in [0, 0.1) is 5.92 Å². The van der Waals surface area contributed by atoms with Crippen LogP contribution in [-0.2, 0) is 4.79 Å². The van der Waals surface area contributed by atoms with Crippen LogP contribution in [0.5, 0.6) is 0 Å². The first-order chi connectivity index (χ1) is 7.02. The highest BCUT2D eigenvalue weighted by atomic mass is 16.4. The Kier molecular flexibility index (Phi) is 4.54. The number of aliphatic carboxylic acids is 1. The lowest BCUT2D eigenvalue weighted by Crippen LogP contribution is -2.40. The summed E-state index contributed by atoms with van der Waals surface area (Å²) in [5, 5.41) is 8.86. The molecule has 1 aliphatic heterocycles. The number of likely N-dealkylation sites (N-methyl/N-ethyl adjacent to an activating group) is 2. The van der Waals surface area contributed by atoms with Gasteiger partial charge in [-0.3, -0.25) is 4.79 Å². The van der Waals surface area contributed by atoms with Crippen molar-refractivity contribution in [1.82, 2.24) is 9.80 Å². The van der Waals surface area contributed by atoms with E-state index in [2.05, 4.69) is 23.6 Å². The standard InChI is InChI=1S/C11H22N2O2/c1-4-13-7-9(2)6-12(3)10(8-13)5-11(14)15/h9-10H,4-8H2,1-3H3,(H,14,15). The maximum Gasteiger partial charge on any atom is 0.304 e. The molecule has 88 valence electrons. The first-order valence-corrected chi connectivity index (χ1v) is 5.67. The minimum Gasteiger partial charge on any atom is -0.481 e. The second kappa shape index (κ2) is 5.47. The molecule has 0 aromatic heterocycles. The van der Waals surface area contributed by atoms with Gasteiger partial charge in [0.15, 0.2) is 0 Å². The van der Waals surface area contributed by atoms with Crippen molar-refractivity contribution in [2.75, 3.05) is 33.2 Å². The summed E-state index contributed by atoms with van der Waals surface area (Å²) in [4.78, 5) is 15.3. The summed E-state index contributed by atoms with van der Waals surface area (Å²) in [5.74, 6) is -0.0776. The van der Waals surface area contributed by atoms with Gasteiger partial charge in [0.25, 0.3) is 0 Å². The number of hydrogen-bond donors (Lipinski definition) is 1. The Morgan fingerprint density at radius 1 is 1.40 bits per heavy atom. The molecule has 0 aliphatic carbocycles. The van der Waals surface area contributed by atoms with Crippen LogP contribution in [0.1, 0.15) is 20.3 Å². The van der Waals surface area contributed by atoms with E-state index in [1.54, 1.807) is 0 Å². The Balaban J connectivity index is 2.63. The van der Waals surface area contributed by atoms with Gasteiger partial charge in [0.1, 0.15) is 0 Å². The number of carbonyl (C=O) groups is 1. The van der Waals surface area contributed by atoms with Gasteiger partial charge in [-0.2, -0.15) is 0 Å². The van der Waals surface area contributed by atoms with Gasteiger partial charge in [0.05, 0.1) is 6.42 Å². The molecule has 0 spiro atoms. The van der Waals surface area contributed by atoms with Crippen LogP contribution in [0.3, 0.4) is 0 Å². The normalized spacial score (nSPS) is 30.1. The highest BCUT2D eigenvalue weighted by Gasteiger charge is 2.26. The average molecular weight is 214 g/mol. The molecule has 0 saturated carbocycles. The van der Waals surface area contributed by atoms with Crippen molar-refractivity contribution in [2.24, 2.45) is 5.92 Å². The van der Waals surface area contributed by atoms with E-state index in [1.807, 2.05) is 7.05 Å². The molecule has 0 radical (unpaired) electrons. The Morgan fingerprint density at radius 2 is 2.07 bits per heavy atom. The van der Waals surface area contributed by atoms with E-state index in [0.29, 0.717) is 5.92 Å². The summed E-state index contributed by atoms with van der Waals surface area (Å²) in [6, 6.07) is 0.160. The lowest BCUT2D eigenvalue weighted by molar-refractivity contribution is -0.138. The molecule has 0 bridgehead atoms. The quantitative estimate of drug-likeness (QED) is 0.752. The second-order valence-electron chi connectivity index (χ2n) is 4.65. The van der Waals surface area contributed by atoms with E-state index in [0.717, 1.165) is 26.2 Å². The number of rotatable bonds is 3. The Morgan fingerprint density at radius 3 is 2.60 bits per heavy atom. The molecule has 4 heteroatoms. The first kappa shape index (κ1) is 12.5. The summed E-state index contributed by atoms with van der Waals surface area (Å²) in [5.41, 5.74) is 0. The van der Waals surface area contributed by atoms with Gasteiger partial charge >= 0.3 is 5.97 Å². The van der Waals surface area contributed by atoms with Gasteiger partial charge in [-0.15, -0.1) is 0 Å². The molecule has 1 heterocycles. The highest BCUT2D eigenvalue weighted by molar-refractivity contribution is 5.67. The summed E-state index contributed by atoms with van der Waals surface area (Å²) in [6.45, 7) is 8.32. The van der Waals surface area contributed by atoms with Gasteiger partial charge in [0, 0.05) is 25.7 Å². The summed E-state index contributed by atoms with van der Waals surface area (Å²) >= 11 is 0. The van der Waals surface area contributed by atoms with Crippen molar-refractivity contribution in [3.63, 3.8) is 0 Å². The Bertz CT molecular complexity index is 221. The molecule has 1 N–H and O–H groups in total. The molecule has 1 fully saturated rings. The van der Waals surface area contributed by atoms with Gasteiger partial charge in [-0.1, -0.05) is 13.8 Å². The van der Waals surface area contributed by atoms with E-state index >= 15 is 0 Å². The third-order valence-corrected chi connectivity index (χ3v) is 3.12. The van der Waals surface area contributed by atoms with Crippen molar-refractivity contribution in [2.45, 2.75) is 26.3 Å². The van der Waals surface area contributed by atoms with Crippen LogP contribution in [0.2, 0.25) is 0 Å². The molecule has 0 aromatic carbocycles. The van der Waals surface area contributed by atoms with Crippen LogP contribution < -0.4 is 0 Å². The summed E-state index contributed by atoms with van der Waals surface area (Å²) in [7, 11) is 2.03. The van der Waals surface area contributed by atoms with Crippen molar-refractivity contribution in [3.8, 4) is 0 Å². The van der Waals surface area contributed by atoms with E-state index in [-0.39, 0.29) is 12.5 Å². The minimum atomic E-state index is -0.697. The lowest BCUT2D eigenvalue weighted by atomic mass is 10.1. The number of hydrogen-bond acceptors (Lipinski definition) is 3. The SMILES string of the molecule is CCN1CC(C)CN(C)C(CC(=O)O)C1. The van der Waals surface area contributed by atoms with Crippen LogP contribution in [0.4, 0.5) is 0 Å². The van der Waals surface area contributed by atoms with Crippen LogP contribution in [-0.4, -0.2) is 60.1 Å². The zero-order chi connectivity index (χ0) is 11.4. The van der Waals surface area contributed by atoms with E-state index in [1.165, 1.54) is 0 Å². The molecule has 1 rings (SSSR count). The molecule has 0 amide bonds. The maximum atomic E-state index is 10.8. The van der Waals surface area contributed by atoms with Crippen molar-refractivity contribution < 1.29 is 9.90 Å². The van der Waals surface area contributed by atoms with Crippen LogP contribution in [0.25, 0.3) is 0 Å². The molecule has 2 unspecified atom stereocenters. The third kappa shape index (κ3) is 3.80. The fourth-order valence-corrected chi connectivity index (χ4v) is 2.33. The van der Waals surface area contributed by atoms with E-state index < -0.39 is 5.97 Å². The predicted molar refractivity (Wildman–Crippen MR) is 59.9 cm³/mol. The zero-order valence-corrected chi connectivity index (χ0v) is 9.94. The van der Waals surface area contributed by atoms with E-state index in [9.17, 15) is 4.79 Å². The summed E-state index contributed by atoms with van der Waals surface area (Å²) in [6.07, 6.45) is 0.250. The smallest absolute Gasteiger partial charge is 0.304 e. The van der Waals surface area contributed by atoms with Gasteiger partial charge in [0.2, 0.25) is 0 Å².